The third kappa shape index (κ3) is 4.42. The van der Waals surface area contributed by atoms with Crippen molar-refractivity contribution in [1.82, 2.24) is 4.90 Å². The van der Waals surface area contributed by atoms with E-state index in [9.17, 15) is 9.59 Å². The second-order valence-electron chi connectivity index (χ2n) is 6.40. The van der Waals surface area contributed by atoms with Gasteiger partial charge in [0.25, 0.3) is 11.8 Å². The Bertz CT molecular complexity index is 906. The Kier molecular flexibility index (Phi) is 5.67. The van der Waals surface area contributed by atoms with Crippen molar-refractivity contribution in [2.75, 3.05) is 12.4 Å². The maximum atomic E-state index is 12.8. The van der Waals surface area contributed by atoms with E-state index in [-0.39, 0.29) is 17.9 Å². The molecule has 0 radical (unpaired) electrons. The van der Waals surface area contributed by atoms with E-state index < -0.39 is 0 Å². The molecule has 3 aromatic rings. The lowest BCUT2D eigenvalue weighted by Crippen LogP contribution is -2.29. The number of hydrogen-bond acceptors (Lipinski definition) is 2. The molecule has 0 heterocycles. The molecule has 0 aliphatic carbocycles. The van der Waals surface area contributed by atoms with Gasteiger partial charge in [-0.15, -0.1) is 0 Å². The summed E-state index contributed by atoms with van der Waals surface area (Å²) in [4.78, 5) is 26.7. The van der Waals surface area contributed by atoms with Crippen LogP contribution in [0.3, 0.4) is 0 Å². The molecular weight excluding hydrogens is 336 g/mol. The molecule has 0 spiro atoms. The molecule has 1 atom stereocenters. The van der Waals surface area contributed by atoms with E-state index in [1.54, 1.807) is 48.3 Å². The van der Waals surface area contributed by atoms with Gasteiger partial charge in [0.1, 0.15) is 0 Å². The fourth-order valence-corrected chi connectivity index (χ4v) is 2.82. The maximum Gasteiger partial charge on any atom is 0.255 e. The summed E-state index contributed by atoms with van der Waals surface area (Å²) in [7, 11) is 1.80. The van der Waals surface area contributed by atoms with Crippen LogP contribution < -0.4 is 5.32 Å². The molecule has 0 saturated carbocycles. The molecule has 0 saturated heterocycles. The third-order valence-electron chi connectivity index (χ3n) is 4.61. The maximum absolute atomic E-state index is 12.8. The molecule has 4 heteroatoms. The van der Waals surface area contributed by atoms with Gasteiger partial charge in [-0.25, -0.2) is 0 Å². The van der Waals surface area contributed by atoms with Crippen molar-refractivity contribution in [3.05, 3.63) is 102 Å². The summed E-state index contributed by atoms with van der Waals surface area (Å²) in [6.45, 7) is 2.00. The Balaban J connectivity index is 1.67. The van der Waals surface area contributed by atoms with Crippen LogP contribution in [0.15, 0.2) is 84.9 Å². The highest BCUT2D eigenvalue weighted by Gasteiger charge is 2.18. The van der Waals surface area contributed by atoms with Crippen LogP contribution in [0.2, 0.25) is 0 Å². The fourth-order valence-electron chi connectivity index (χ4n) is 2.82. The quantitative estimate of drug-likeness (QED) is 0.714. The average molecular weight is 358 g/mol. The normalized spacial score (nSPS) is 11.5. The highest BCUT2D eigenvalue weighted by molar-refractivity contribution is 6.04. The lowest BCUT2D eigenvalue weighted by molar-refractivity contribution is 0.0742. The second kappa shape index (κ2) is 8.32. The van der Waals surface area contributed by atoms with E-state index in [0.29, 0.717) is 16.8 Å². The molecular formula is C23H22N2O2. The standard InChI is InChI=1S/C23H22N2O2/c1-17(18-9-5-3-6-10-18)25(2)23(27)20-13-15-21(16-14-20)24-22(26)19-11-7-4-8-12-19/h3-17H,1-2H3,(H,24,26)/t17-/m0/s1. The summed E-state index contributed by atoms with van der Waals surface area (Å²) in [5.74, 6) is -0.239. The molecule has 0 aliphatic heterocycles. The van der Waals surface area contributed by atoms with E-state index in [1.807, 2.05) is 55.5 Å². The molecule has 0 fully saturated rings. The summed E-state index contributed by atoms with van der Waals surface area (Å²) in [6.07, 6.45) is 0. The molecule has 4 nitrogen and oxygen atoms in total. The number of anilines is 1. The topological polar surface area (TPSA) is 49.4 Å². The van der Waals surface area contributed by atoms with E-state index in [4.69, 9.17) is 0 Å². The van der Waals surface area contributed by atoms with Crippen LogP contribution in [-0.2, 0) is 0 Å². The summed E-state index contributed by atoms with van der Waals surface area (Å²) in [5.41, 5.74) is 2.91. The highest BCUT2D eigenvalue weighted by atomic mass is 16.2. The number of rotatable bonds is 5. The van der Waals surface area contributed by atoms with Crippen molar-refractivity contribution in [3.8, 4) is 0 Å². The fraction of sp³-hybridized carbons (Fsp3) is 0.130. The molecule has 27 heavy (non-hydrogen) atoms. The summed E-state index contributed by atoms with van der Waals surface area (Å²) >= 11 is 0. The Hall–Kier alpha value is -3.40. The number of carbonyl (C=O) groups excluding carboxylic acids is 2. The van der Waals surface area contributed by atoms with E-state index in [1.165, 1.54) is 0 Å². The number of carbonyl (C=O) groups is 2. The number of nitrogens with one attached hydrogen (secondary N) is 1. The van der Waals surface area contributed by atoms with Crippen LogP contribution in [0.4, 0.5) is 5.69 Å². The Morgan fingerprint density at radius 1 is 0.778 bits per heavy atom. The first-order valence-corrected chi connectivity index (χ1v) is 8.85. The molecule has 0 aromatic heterocycles. The monoisotopic (exact) mass is 358 g/mol. The number of hydrogen-bond donors (Lipinski definition) is 1. The predicted molar refractivity (Wildman–Crippen MR) is 108 cm³/mol. The zero-order valence-corrected chi connectivity index (χ0v) is 15.4. The lowest BCUT2D eigenvalue weighted by Gasteiger charge is -2.25. The molecule has 1 N–H and O–H groups in total. The second-order valence-corrected chi connectivity index (χ2v) is 6.40. The van der Waals surface area contributed by atoms with Gasteiger partial charge in [0, 0.05) is 23.9 Å². The van der Waals surface area contributed by atoms with Crippen LogP contribution in [0.1, 0.15) is 39.2 Å². The molecule has 2 amide bonds. The van der Waals surface area contributed by atoms with Gasteiger partial charge in [-0.2, -0.15) is 0 Å². The summed E-state index contributed by atoms with van der Waals surface area (Å²) < 4.78 is 0. The average Bonchev–Trinajstić information content (AvgIpc) is 2.74. The largest absolute Gasteiger partial charge is 0.335 e. The molecule has 0 unspecified atom stereocenters. The first kappa shape index (κ1) is 18.4. The zero-order chi connectivity index (χ0) is 19.2. The highest BCUT2D eigenvalue weighted by Crippen LogP contribution is 2.21. The van der Waals surface area contributed by atoms with Gasteiger partial charge < -0.3 is 10.2 Å². The minimum absolute atomic E-state index is 0.0313. The van der Waals surface area contributed by atoms with Crippen LogP contribution in [-0.4, -0.2) is 23.8 Å². The van der Waals surface area contributed by atoms with Crippen LogP contribution in [0.5, 0.6) is 0 Å². The van der Waals surface area contributed by atoms with Gasteiger partial charge in [-0.1, -0.05) is 48.5 Å². The van der Waals surface area contributed by atoms with Crippen molar-refractivity contribution in [2.45, 2.75) is 13.0 Å². The van der Waals surface area contributed by atoms with E-state index >= 15 is 0 Å². The van der Waals surface area contributed by atoms with Gasteiger partial charge in [0.05, 0.1) is 6.04 Å². The van der Waals surface area contributed by atoms with E-state index in [2.05, 4.69) is 5.32 Å². The van der Waals surface area contributed by atoms with Gasteiger partial charge in [-0.05, 0) is 48.9 Å². The summed E-state index contributed by atoms with van der Waals surface area (Å²) in [5, 5.41) is 2.84. The number of amides is 2. The molecule has 0 aliphatic rings. The van der Waals surface area contributed by atoms with Crippen LogP contribution in [0.25, 0.3) is 0 Å². The first-order chi connectivity index (χ1) is 13.1. The Morgan fingerprint density at radius 2 is 1.33 bits per heavy atom. The minimum atomic E-state index is -0.176. The Morgan fingerprint density at radius 3 is 1.93 bits per heavy atom. The summed E-state index contributed by atoms with van der Waals surface area (Å²) in [6, 6.07) is 25.9. The lowest BCUT2D eigenvalue weighted by atomic mass is 10.1. The number of nitrogens with zero attached hydrogens (tertiary/aromatic N) is 1. The van der Waals surface area contributed by atoms with Crippen molar-refractivity contribution >= 4 is 17.5 Å². The predicted octanol–water partition coefficient (Wildman–Crippen LogP) is 4.77. The van der Waals surface area contributed by atoms with Crippen LogP contribution in [0, 0.1) is 0 Å². The van der Waals surface area contributed by atoms with Crippen molar-refractivity contribution < 1.29 is 9.59 Å². The van der Waals surface area contributed by atoms with Gasteiger partial charge >= 0.3 is 0 Å². The molecule has 136 valence electrons. The molecule has 3 aromatic carbocycles. The van der Waals surface area contributed by atoms with Gasteiger partial charge in [0.2, 0.25) is 0 Å². The van der Waals surface area contributed by atoms with Crippen molar-refractivity contribution in [1.29, 1.82) is 0 Å². The zero-order valence-electron chi connectivity index (χ0n) is 15.4. The smallest absolute Gasteiger partial charge is 0.255 e. The van der Waals surface area contributed by atoms with Crippen molar-refractivity contribution in [3.63, 3.8) is 0 Å². The SMILES string of the molecule is C[C@@H](c1ccccc1)N(C)C(=O)c1ccc(NC(=O)c2ccccc2)cc1. The van der Waals surface area contributed by atoms with Gasteiger partial charge in [-0.3, -0.25) is 9.59 Å². The Labute approximate surface area is 159 Å². The van der Waals surface area contributed by atoms with Crippen molar-refractivity contribution in [2.24, 2.45) is 0 Å². The number of benzene rings is 3. The van der Waals surface area contributed by atoms with E-state index in [0.717, 1.165) is 5.56 Å². The first-order valence-electron chi connectivity index (χ1n) is 8.85. The molecule has 3 rings (SSSR count). The van der Waals surface area contributed by atoms with Gasteiger partial charge in [0.15, 0.2) is 0 Å². The third-order valence-corrected chi connectivity index (χ3v) is 4.61. The minimum Gasteiger partial charge on any atom is -0.335 e. The molecule has 0 bridgehead atoms. The van der Waals surface area contributed by atoms with Crippen LogP contribution >= 0.6 is 0 Å².